The first-order valence-electron chi connectivity index (χ1n) is 9.86. The lowest BCUT2D eigenvalue weighted by atomic mass is 10.1. The zero-order valence-corrected chi connectivity index (χ0v) is 17.3. The normalized spacial score (nSPS) is 10.9. The highest BCUT2D eigenvalue weighted by Crippen LogP contribution is 2.19. The fourth-order valence-corrected chi connectivity index (χ4v) is 3.47. The maximum Gasteiger partial charge on any atom is 0.265 e. The molecule has 1 N–H and O–H groups in total. The van der Waals surface area contributed by atoms with Crippen molar-refractivity contribution in [3.63, 3.8) is 0 Å². The van der Waals surface area contributed by atoms with Crippen molar-refractivity contribution in [3.8, 4) is 0 Å². The predicted molar refractivity (Wildman–Crippen MR) is 120 cm³/mol. The van der Waals surface area contributed by atoms with Crippen molar-refractivity contribution >= 4 is 22.6 Å². The highest BCUT2D eigenvalue weighted by Gasteiger charge is 2.17. The Labute approximate surface area is 175 Å². The highest BCUT2D eigenvalue weighted by molar-refractivity contribution is 6.06. The van der Waals surface area contributed by atoms with E-state index in [0.717, 1.165) is 27.6 Å². The largest absolute Gasteiger partial charge is 0.322 e. The summed E-state index contributed by atoms with van der Waals surface area (Å²) < 4.78 is 1.57. The second kappa shape index (κ2) is 7.95. The third-order valence-electron chi connectivity index (χ3n) is 5.41. The number of nitrogens with zero attached hydrogens (tertiary/aromatic N) is 2. The Bertz CT molecular complexity index is 1300. The van der Waals surface area contributed by atoms with Crippen molar-refractivity contribution in [2.24, 2.45) is 0 Å². The van der Waals surface area contributed by atoms with E-state index in [2.05, 4.69) is 10.3 Å². The number of carbonyl (C=O) groups excluding carboxylic acids is 1. The van der Waals surface area contributed by atoms with Crippen LogP contribution in [0.25, 0.3) is 11.0 Å². The number of amides is 1. The first-order chi connectivity index (χ1) is 14.4. The lowest BCUT2D eigenvalue weighted by Crippen LogP contribution is -2.30. The molecule has 4 aromatic rings. The number of hydrogen-bond acceptors (Lipinski definition) is 3. The number of pyridine rings is 2. The quantitative estimate of drug-likeness (QED) is 0.546. The highest BCUT2D eigenvalue weighted by atomic mass is 16.2. The number of anilines is 1. The minimum atomic E-state index is -0.419. The molecule has 1 amide bonds. The minimum Gasteiger partial charge on any atom is -0.322 e. The number of carbonyl (C=O) groups is 1. The zero-order chi connectivity index (χ0) is 21.3. The van der Waals surface area contributed by atoms with Crippen LogP contribution in [0.3, 0.4) is 0 Å². The van der Waals surface area contributed by atoms with Crippen molar-refractivity contribution in [2.75, 3.05) is 5.32 Å². The topological polar surface area (TPSA) is 64.0 Å². The van der Waals surface area contributed by atoms with Gasteiger partial charge in [-0.15, -0.1) is 0 Å². The van der Waals surface area contributed by atoms with Crippen LogP contribution in [0.5, 0.6) is 0 Å². The van der Waals surface area contributed by atoms with Gasteiger partial charge in [0.2, 0.25) is 0 Å². The Hall–Kier alpha value is -3.73. The summed E-state index contributed by atoms with van der Waals surface area (Å²) in [6.45, 7) is 6.30. The Balaban J connectivity index is 1.79. The van der Waals surface area contributed by atoms with E-state index in [1.54, 1.807) is 22.9 Å². The average Bonchev–Trinajstić information content (AvgIpc) is 2.74. The Morgan fingerprint density at radius 2 is 1.77 bits per heavy atom. The van der Waals surface area contributed by atoms with Gasteiger partial charge in [-0.05, 0) is 61.7 Å². The van der Waals surface area contributed by atoms with E-state index in [1.807, 2.05) is 69.3 Å². The summed E-state index contributed by atoms with van der Waals surface area (Å²) in [6, 6.07) is 19.0. The van der Waals surface area contributed by atoms with Crippen LogP contribution in [0.1, 0.15) is 32.6 Å². The SMILES string of the molecule is Cc1ccc(Cn2c(=O)c(C(=O)Nc3cccc(C)c3C)cc3cccnc32)cc1. The Kier molecular flexibility index (Phi) is 5.19. The van der Waals surface area contributed by atoms with Crippen LogP contribution in [-0.4, -0.2) is 15.5 Å². The van der Waals surface area contributed by atoms with Crippen molar-refractivity contribution in [2.45, 2.75) is 27.3 Å². The average molecular weight is 397 g/mol. The lowest BCUT2D eigenvalue weighted by Gasteiger charge is -2.14. The van der Waals surface area contributed by atoms with Crippen LogP contribution in [0.2, 0.25) is 0 Å². The van der Waals surface area contributed by atoms with Crippen LogP contribution < -0.4 is 10.9 Å². The third kappa shape index (κ3) is 3.74. The molecule has 0 unspecified atom stereocenters. The molecule has 0 aliphatic carbocycles. The monoisotopic (exact) mass is 397 g/mol. The number of benzene rings is 2. The number of hydrogen-bond donors (Lipinski definition) is 1. The first-order valence-corrected chi connectivity index (χ1v) is 9.86. The third-order valence-corrected chi connectivity index (χ3v) is 5.41. The zero-order valence-electron chi connectivity index (χ0n) is 17.3. The van der Waals surface area contributed by atoms with E-state index in [9.17, 15) is 9.59 Å². The van der Waals surface area contributed by atoms with E-state index >= 15 is 0 Å². The molecular formula is C25H23N3O2. The molecule has 0 fully saturated rings. The molecule has 0 atom stereocenters. The second-order valence-electron chi connectivity index (χ2n) is 7.55. The molecule has 2 aromatic heterocycles. The molecule has 0 bridgehead atoms. The van der Waals surface area contributed by atoms with Gasteiger partial charge in [-0.2, -0.15) is 0 Å². The molecule has 0 saturated carbocycles. The van der Waals surface area contributed by atoms with Crippen LogP contribution in [-0.2, 0) is 6.54 Å². The maximum absolute atomic E-state index is 13.3. The van der Waals surface area contributed by atoms with Gasteiger partial charge in [0.05, 0.1) is 6.54 Å². The molecule has 4 rings (SSSR count). The molecule has 2 heterocycles. The second-order valence-corrected chi connectivity index (χ2v) is 7.55. The summed E-state index contributed by atoms with van der Waals surface area (Å²) in [7, 11) is 0. The molecule has 0 radical (unpaired) electrons. The summed E-state index contributed by atoms with van der Waals surface area (Å²) in [4.78, 5) is 30.7. The number of fused-ring (bicyclic) bond motifs is 1. The van der Waals surface area contributed by atoms with Crippen molar-refractivity contribution in [3.05, 3.63) is 105 Å². The summed E-state index contributed by atoms with van der Waals surface area (Å²) in [6.07, 6.45) is 1.66. The van der Waals surface area contributed by atoms with Gasteiger partial charge in [0.25, 0.3) is 11.5 Å². The van der Waals surface area contributed by atoms with Crippen molar-refractivity contribution in [1.82, 2.24) is 9.55 Å². The van der Waals surface area contributed by atoms with E-state index in [4.69, 9.17) is 0 Å². The van der Waals surface area contributed by atoms with Gasteiger partial charge in [-0.25, -0.2) is 4.98 Å². The van der Waals surface area contributed by atoms with E-state index in [0.29, 0.717) is 17.9 Å². The number of aryl methyl sites for hydroxylation is 2. The molecule has 5 heteroatoms. The van der Waals surface area contributed by atoms with Gasteiger partial charge in [-0.3, -0.25) is 14.2 Å². The predicted octanol–water partition coefficient (Wildman–Crippen LogP) is 4.62. The van der Waals surface area contributed by atoms with Gasteiger partial charge in [0.1, 0.15) is 11.2 Å². The molecule has 0 aliphatic rings. The summed E-state index contributed by atoms with van der Waals surface area (Å²) >= 11 is 0. The molecule has 2 aromatic carbocycles. The number of nitrogens with one attached hydrogen (secondary N) is 1. The first kappa shape index (κ1) is 19.6. The van der Waals surface area contributed by atoms with Gasteiger partial charge < -0.3 is 5.32 Å². The molecular weight excluding hydrogens is 374 g/mol. The van der Waals surface area contributed by atoms with Gasteiger partial charge in [0.15, 0.2) is 0 Å². The van der Waals surface area contributed by atoms with E-state index < -0.39 is 5.91 Å². The minimum absolute atomic E-state index is 0.100. The number of aromatic nitrogens is 2. The van der Waals surface area contributed by atoms with Crippen molar-refractivity contribution in [1.29, 1.82) is 0 Å². The number of rotatable bonds is 4. The summed E-state index contributed by atoms with van der Waals surface area (Å²) in [5.74, 6) is -0.419. The molecule has 30 heavy (non-hydrogen) atoms. The van der Waals surface area contributed by atoms with Crippen LogP contribution >= 0.6 is 0 Å². The molecule has 0 saturated heterocycles. The van der Waals surface area contributed by atoms with Crippen LogP contribution in [0, 0.1) is 20.8 Å². The van der Waals surface area contributed by atoms with Gasteiger partial charge >= 0.3 is 0 Å². The maximum atomic E-state index is 13.3. The summed E-state index contributed by atoms with van der Waals surface area (Å²) in [5, 5.41) is 3.64. The fraction of sp³-hybridized carbons (Fsp3) is 0.160. The van der Waals surface area contributed by atoms with Crippen LogP contribution in [0.4, 0.5) is 5.69 Å². The fourth-order valence-electron chi connectivity index (χ4n) is 3.47. The van der Waals surface area contributed by atoms with Crippen LogP contribution in [0.15, 0.2) is 71.7 Å². The van der Waals surface area contributed by atoms with Gasteiger partial charge in [0, 0.05) is 17.3 Å². The molecule has 0 spiro atoms. The standard InChI is InChI=1S/C25H23N3O2/c1-16-9-11-19(12-10-16)15-28-23-20(7-5-13-26-23)14-21(25(28)30)24(29)27-22-8-4-6-17(2)18(22)3/h4-14H,15H2,1-3H3,(H,27,29). The Morgan fingerprint density at radius 3 is 2.53 bits per heavy atom. The summed E-state index contributed by atoms with van der Waals surface area (Å²) in [5.41, 5.74) is 5.19. The van der Waals surface area contributed by atoms with E-state index in [-0.39, 0.29) is 11.1 Å². The molecule has 150 valence electrons. The Morgan fingerprint density at radius 1 is 1.00 bits per heavy atom. The smallest absolute Gasteiger partial charge is 0.265 e. The van der Waals surface area contributed by atoms with Gasteiger partial charge in [-0.1, -0.05) is 42.0 Å². The lowest BCUT2D eigenvalue weighted by molar-refractivity contribution is 0.102. The molecule has 0 aliphatic heterocycles. The van der Waals surface area contributed by atoms with E-state index in [1.165, 1.54) is 0 Å². The van der Waals surface area contributed by atoms with Crippen molar-refractivity contribution < 1.29 is 4.79 Å². The molecule has 5 nitrogen and oxygen atoms in total.